The highest BCUT2D eigenvalue weighted by Crippen LogP contribution is 2.40. The molecule has 13 heteroatoms. The van der Waals surface area contributed by atoms with Crippen molar-refractivity contribution in [2.75, 3.05) is 32.1 Å². The highest BCUT2D eigenvalue weighted by Gasteiger charge is 2.18. The molecule has 2 heterocycles. The molecule has 0 radical (unpaired) electrons. The average Bonchev–Trinajstić information content (AvgIpc) is 3.05. The van der Waals surface area contributed by atoms with Crippen LogP contribution >= 0.6 is 34.8 Å². The van der Waals surface area contributed by atoms with Gasteiger partial charge in [0.05, 0.1) is 58.2 Å². The van der Waals surface area contributed by atoms with E-state index >= 15 is 0 Å². The van der Waals surface area contributed by atoms with Gasteiger partial charge in [0.2, 0.25) is 0 Å². The van der Waals surface area contributed by atoms with Crippen LogP contribution in [0.2, 0.25) is 15.2 Å². The third kappa shape index (κ3) is 9.74. The third-order valence-electron chi connectivity index (χ3n) is 6.52. The number of halogens is 3. The molecule has 0 spiro atoms. The summed E-state index contributed by atoms with van der Waals surface area (Å²) < 4.78 is 17.6. The van der Waals surface area contributed by atoms with Gasteiger partial charge >= 0.3 is 0 Å². The maximum absolute atomic E-state index is 9.88. The Labute approximate surface area is 278 Å². The molecule has 0 saturated carbocycles. The van der Waals surface area contributed by atoms with Gasteiger partial charge in [0.25, 0.3) is 0 Å². The number of fused-ring (bicyclic) bond motifs is 1. The maximum Gasteiger partial charge on any atom is 0.163 e. The minimum absolute atomic E-state index is 0.149. The molecule has 0 aliphatic rings. The number of nitrogens with one attached hydrogen (secondary N) is 1. The zero-order valence-corrected chi connectivity index (χ0v) is 27.6. The van der Waals surface area contributed by atoms with E-state index < -0.39 is 0 Å². The van der Waals surface area contributed by atoms with Crippen LogP contribution in [-0.4, -0.2) is 43.1 Å². The van der Waals surface area contributed by atoms with Crippen LogP contribution in [-0.2, 0) is 6.61 Å². The first-order valence-electron chi connectivity index (χ1n) is 14.3. The van der Waals surface area contributed by atoms with Gasteiger partial charge in [-0.1, -0.05) is 54.7 Å². The number of anilines is 2. The average molecular weight is 673 g/mol. The first kappa shape index (κ1) is 35.5. The van der Waals surface area contributed by atoms with Crippen LogP contribution in [0.5, 0.6) is 17.2 Å². The Morgan fingerprint density at radius 3 is 2.53 bits per heavy atom. The zero-order chi connectivity index (χ0) is 32.8. The summed E-state index contributed by atoms with van der Waals surface area (Å²) in [4.78, 5) is 12.8. The molecule has 2 aromatic carbocycles. The molecule has 4 rings (SSSR count). The number of nitriles is 1. The molecule has 238 valence electrons. The molecule has 0 fully saturated rings. The molecule has 1 atom stereocenters. The van der Waals surface area contributed by atoms with E-state index in [-0.39, 0.29) is 12.5 Å². The molecular weight excluding hydrogens is 637 g/mol. The Kier molecular flexibility index (Phi) is 14.2. The molecule has 0 aliphatic heterocycles. The number of hydrogen-bond donors (Lipinski definition) is 3. The second kappa shape index (κ2) is 18.1. The van der Waals surface area contributed by atoms with Crippen molar-refractivity contribution in [3.05, 3.63) is 75.1 Å². The van der Waals surface area contributed by atoms with E-state index in [4.69, 9.17) is 60.5 Å². The van der Waals surface area contributed by atoms with Crippen LogP contribution in [0, 0.1) is 17.2 Å². The summed E-state index contributed by atoms with van der Waals surface area (Å²) in [5.74, 6) is 1.53. The van der Waals surface area contributed by atoms with E-state index in [0.29, 0.717) is 85.7 Å². The first-order valence-corrected chi connectivity index (χ1v) is 15.4. The predicted octanol–water partition coefficient (Wildman–Crippen LogP) is 7.54. The number of benzene rings is 2. The van der Waals surface area contributed by atoms with Gasteiger partial charge in [-0.05, 0) is 49.6 Å². The van der Waals surface area contributed by atoms with Gasteiger partial charge in [-0.25, -0.2) is 4.98 Å². The van der Waals surface area contributed by atoms with Gasteiger partial charge in [0.15, 0.2) is 11.5 Å². The predicted molar refractivity (Wildman–Crippen MR) is 183 cm³/mol. The fraction of sp³-hybridized carbons (Fsp3) is 0.312. The molecule has 0 aliphatic carbocycles. The van der Waals surface area contributed by atoms with Gasteiger partial charge < -0.3 is 31.0 Å². The SMILES string of the molecule is CC.COc1cc2c(Nc3cc(Cl)c(OCc4cccc(Cl)n4)cc3Cl)c(C#N)cnc2cc1OCC(CCN)CCN=CN. The number of ether oxygens (including phenoxy) is 3. The minimum atomic E-state index is 0.149. The number of methoxy groups -OCH3 is 1. The van der Waals surface area contributed by atoms with E-state index in [1.165, 1.54) is 12.5 Å². The van der Waals surface area contributed by atoms with Crippen LogP contribution < -0.4 is 31.0 Å². The lowest BCUT2D eigenvalue weighted by Gasteiger charge is -2.19. The Balaban J connectivity index is 0.00000271. The van der Waals surface area contributed by atoms with Crippen LogP contribution in [0.1, 0.15) is 37.9 Å². The normalized spacial score (nSPS) is 11.4. The lowest BCUT2D eigenvalue weighted by atomic mass is 10.0. The van der Waals surface area contributed by atoms with Gasteiger partial charge in [0.1, 0.15) is 23.6 Å². The number of aliphatic imine (C=N–C) groups is 1. The molecular formula is C32H36Cl3N7O3. The Hall–Kier alpha value is -4.01. The molecule has 5 N–H and O–H groups in total. The van der Waals surface area contributed by atoms with E-state index in [2.05, 4.69) is 26.3 Å². The number of pyridine rings is 2. The van der Waals surface area contributed by atoms with Crippen molar-refractivity contribution in [3.63, 3.8) is 0 Å². The zero-order valence-electron chi connectivity index (χ0n) is 25.3. The molecule has 2 aromatic heterocycles. The quantitative estimate of drug-likeness (QED) is 0.0700. The number of nitrogens with zero attached hydrogens (tertiary/aromatic N) is 4. The highest BCUT2D eigenvalue weighted by atomic mass is 35.5. The fourth-order valence-corrected chi connectivity index (χ4v) is 4.93. The van der Waals surface area contributed by atoms with E-state index in [9.17, 15) is 5.26 Å². The summed E-state index contributed by atoms with van der Waals surface area (Å²) in [6.07, 6.45) is 4.33. The number of hydrogen-bond acceptors (Lipinski definition) is 9. The minimum Gasteiger partial charge on any atom is -0.493 e. The number of nitrogens with two attached hydrogens (primary N) is 2. The second-order valence-electron chi connectivity index (χ2n) is 9.41. The van der Waals surface area contributed by atoms with Gasteiger partial charge in [-0.3, -0.25) is 9.98 Å². The topological polar surface area (TPSA) is 154 Å². The molecule has 0 amide bonds. The smallest absolute Gasteiger partial charge is 0.163 e. The van der Waals surface area contributed by atoms with E-state index in [1.54, 1.807) is 49.6 Å². The molecule has 1 unspecified atom stereocenters. The summed E-state index contributed by atoms with van der Waals surface area (Å²) >= 11 is 19.1. The highest BCUT2D eigenvalue weighted by molar-refractivity contribution is 6.36. The van der Waals surface area contributed by atoms with Crippen LogP contribution in [0.4, 0.5) is 11.4 Å². The van der Waals surface area contributed by atoms with Crippen molar-refractivity contribution in [2.24, 2.45) is 22.4 Å². The number of aromatic nitrogens is 2. The maximum atomic E-state index is 9.88. The molecule has 10 nitrogen and oxygen atoms in total. The van der Waals surface area contributed by atoms with Gasteiger partial charge in [-0.2, -0.15) is 5.26 Å². The van der Waals surface area contributed by atoms with Crippen molar-refractivity contribution < 1.29 is 14.2 Å². The van der Waals surface area contributed by atoms with Crippen molar-refractivity contribution in [3.8, 4) is 23.3 Å². The summed E-state index contributed by atoms with van der Waals surface area (Å²) in [5.41, 5.74) is 13.6. The van der Waals surface area contributed by atoms with Crippen molar-refractivity contribution in [2.45, 2.75) is 33.3 Å². The van der Waals surface area contributed by atoms with E-state index in [0.717, 1.165) is 12.8 Å². The Morgan fingerprint density at radius 2 is 1.84 bits per heavy atom. The van der Waals surface area contributed by atoms with Crippen LogP contribution in [0.25, 0.3) is 10.9 Å². The van der Waals surface area contributed by atoms with Crippen molar-refractivity contribution in [1.29, 1.82) is 5.26 Å². The van der Waals surface area contributed by atoms with Gasteiger partial charge in [0, 0.05) is 30.3 Å². The van der Waals surface area contributed by atoms with Crippen LogP contribution in [0.3, 0.4) is 0 Å². The molecule has 0 bridgehead atoms. The van der Waals surface area contributed by atoms with E-state index in [1.807, 2.05) is 13.8 Å². The molecule has 4 aromatic rings. The largest absolute Gasteiger partial charge is 0.493 e. The standard InChI is InChI=1S/C30H30Cl3N7O3.C2H6/c1-41-27-9-21-24(12-28(27)42-15-18(5-7-34)6-8-37-17-36)38-14-19(13-35)30(21)40-25-10-23(32)26(11-22(25)31)43-16-20-3-2-4-29(33)39-20;1-2/h2-4,9-12,14,17-18H,5-8,15-16,34H2,1H3,(H2,36,37)(H,38,40);1-2H3. The number of rotatable bonds is 14. The first-order chi connectivity index (χ1) is 21.9. The Bertz CT molecular complexity index is 1650. The van der Waals surface area contributed by atoms with Crippen molar-refractivity contribution in [1.82, 2.24) is 9.97 Å². The lowest BCUT2D eigenvalue weighted by Crippen LogP contribution is -2.18. The van der Waals surface area contributed by atoms with Crippen LogP contribution in [0.15, 0.2) is 53.7 Å². The van der Waals surface area contributed by atoms with Gasteiger partial charge in [-0.15, -0.1) is 0 Å². The summed E-state index contributed by atoms with van der Waals surface area (Å²) in [5, 5.41) is 14.8. The monoisotopic (exact) mass is 671 g/mol. The fourth-order valence-electron chi connectivity index (χ4n) is 4.33. The summed E-state index contributed by atoms with van der Waals surface area (Å²) in [6.45, 7) is 5.68. The molecule has 0 saturated heterocycles. The summed E-state index contributed by atoms with van der Waals surface area (Å²) in [7, 11) is 1.55. The third-order valence-corrected chi connectivity index (χ3v) is 7.34. The lowest BCUT2D eigenvalue weighted by molar-refractivity contribution is 0.226. The summed E-state index contributed by atoms with van der Waals surface area (Å²) in [6, 6.07) is 14.2. The molecule has 45 heavy (non-hydrogen) atoms. The Morgan fingerprint density at radius 1 is 1.04 bits per heavy atom. The van der Waals surface area contributed by atoms with Crippen molar-refractivity contribution >= 4 is 63.4 Å². The second-order valence-corrected chi connectivity index (χ2v) is 10.6.